The van der Waals surface area contributed by atoms with Crippen molar-refractivity contribution < 1.29 is 19.8 Å². The van der Waals surface area contributed by atoms with Crippen molar-refractivity contribution in [1.82, 2.24) is 5.32 Å². The van der Waals surface area contributed by atoms with E-state index < -0.39 is 18.0 Å². The summed E-state index contributed by atoms with van der Waals surface area (Å²) in [4.78, 5) is 21.8. The van der Waals surface area contributed by atoms with Gasteiger partial charge in [-0.1, -0.05) is 24.6 Å². The van der Waals surface area contributed by atoms with E-state index in [0.717, 1.165) is 12.0 Å². The van der Waals surface area contributed by atoms with Gasteiger partial charge in [0.1, 0.15) is 11.7 Å². The first-order valence-corrected chi connectivity index (χ1v) is 5.74. The summed E-state index contributed by atoms with van der Waals surface area (Å²) < 4.78 is 0. The highest BCUT2D eigenvalue weighted by Gasteiger charge is 2.25. The van der Waals surface area contributed by atoms with E-state index in [1.165, 1.54) is 6.08 Å². The summed E-state index contributed by atoms with van der Waals surface area (Å²) in [6, 6.07) is -0.886. The van der Waals surface area contributed by atoms with Crippen molar-refractivity contribution in [2.75, 3.05) is 0 Å². The van der Waals surface area contributed by atoms with E-state index in [1.807, 2.05) is 19.9 Å². The molecule has 0 saturated carbocycles. The fourth-order valence-electron chi connectivity index (χ4n) is 1.52. The third-order valence-corrected chi connectivity index (χ3v) is 2.77. The molecule has 18 heavy (non-hydrogen) atoms. The molecule has 0 aromatic carbocycles. The molecule has 1 aliphatic rings. The first-order valence-electron chi connectivity index (χ1n) is 5.74. The molecule has 98 valence electrons. The summed E-state index contributed by atoms with van der Waals surface area (Å²) in [7, 11) is 0. The lowest BCUT2D eigenvalue weighted by Gasteiger charge is -2.21. The number of hydrogen-bond donors (Lipinski definition) is 3. The van der Waals surface area contributed by atoms with Gasteiger partial charge in [-0.3, -0.25) is 0 Å². The van der Waals surface area contributed by atoms with Crippen LogP contribution in [0.1, 0.15) is 26.7 Å². The maximum absolute atomic E-state index is 10.9. The Bertz CT molecular complexity index is 446. The second kappa shape index (κ2) is 6.05. The average Bonchev–Trinajstić information content (AvgIpc) is 2.35. The molecule has 0 amide bonds. The summed E-state index contributed by atoms with van der Waals surface area (Å²) >= 11 is 0. The van der Waals surface area contributed by atoms with Crippen molar-refractivity contribution in [2.45, 2.75) is 32.7 Å². The number of carboxylic acid groups (broad SMARTS) is 2. The molecule has 3 N–H and O–H groups in total. The third kappa shape index (κ3) is 3.76. The smallest absolute Gasteiger partial charge is 0.351 e. The first-order chi connectivity index (χ1) is 8.43. The van der Waals surface area contributed by atoms with Gasteiger partial charge in [0, 0.05) is 6.42 Å². The third-order valence-electron chi connectivity index (χ3n) is 2.77. The summed E-state index contributed by atoms with van der Waals surface area (Å²) in [5.74, 6) is -2.20. The van der Waals surface area contributed by atoms with Crippen molar-refractivity contribution in [3.8, 4) is 0 Å². The summed E-state index contributed by atoms with van der Waals surface area (Å²) in [5, 5.41) is 20.4. The minimum atomic E-state index is -1.15. The van der Waals surface area contributed by atoms with Crippen LogP contribution in [0.15, 0.2) is 35.1 Å². The molecule has 0 saturated heterocycles. The number of nitrogens with one attached hydrogen (secondary N) is 1. The van der Waals surface area contributed by atoms with Gasteiger partial charge in [0.05, 0.1) is 0 Å². The summed E-state index contributed by atoms with van der Waals surface area (Å²) in [6.45, 7) is 3.99. The van der Waals surface area contributed by atoms with Gasteiger partial charge < -0.3 is 15.5 Å². The van der Waals surface area contributed by atoms with Crippen LogP contribution in [0.25, 0.3) is 0 Å². The van der Waals surface area contributed by atoms with Gasteiger partial charge in [0.25, 0.3) is 0 Å². The minimum Gasteiger partial charge on any atom is -0.480 e. The largest absolute Gasteiger partial charge is 0.480 e. The molecule has 1 rings (SSSR count). The van der Waals surface area contributed by atoms with Crippen LogP contribution in [0.2, 0.25) is 0 Å². The van der Waals surface area contributed by atoms with Crippen molar-refractivity contribution >= 4 is 11.9 Å². The molecule has 0 aliphatic carbocycles. The Morgan fingerprint density at radius 3 is 2.67 bits per heavy atom. The molecule has 0 bridgehead atoms. The molecule has 0 fully saturated rings. The Morgan fingerprint density at radius 2 is 2.17 bits per heavy atom. The first kappa shape index (κ1) is 14.0. The normalized spacial score (nSPS) is 22.3. The van der Waals surface area contributed by atoms with Gasteiger partial charge in [0.15, 0.2) is 0 Å². The standard InChI is InChI=1S/C13H17NO4/c1-3-8(2)4-5-9-6-10(12(15)16)14-11(7-9)13(17)18/h4-6,11,14H,3,7H2,1-2H3,(H,15,16)(H,17,18)/b8-4+,9-5+. The van der Waals surface area contributed by atoms with Gasteiger partial charge in [0.2, 0.25) is 0 Å². The molecule has 0 radical (unpaired) electrons. The van der Waals surface area contributed by atoms with Gasteiger partial charge in [-0.2, -0.15) is 0 Å². The summed E-state index contributed by atoms with van der Waals surface area (Å²) in [5.41, 5.74) is 1.77. The molecule has 5 nitrogen and oxygen atoms in total. The molecule has 1 heterocycles. The maximum Gasteiger partial charge on any atom is 0.351 e. The van der Waals surface area contributed by atoms with E-state index in [0.29, 0.717) is 5.57 Å². The Kier molecular flexibility index (Phi) is 4.71. The predicted molar refractivity (Wildman–Crippen MR) is 67.0 cm³/mol. The van der Waals surface area contributed by atoms with Crippen molar-refractivity contribution in [2.24, 2.45) is 0 Å². The zero-order chi connectivity index (χ0) is 13.7. The lowest BCUT2D eigenvalue weighted by molar-refractivity contribution is -0.139. The molecule has 5 heteroatoms. The topological polar surface area (TPSA) is 86.6 Å². The van der Waals surface area contributed by atoms with E-state index in [4.69, 9.17) is 10.2 Å². The van der Waals surface area contributed by atoms with Crippen LogP contribution in [0.4, 0.5) is 0 Å². The fourth-order valence-corrected chi connectivity index (χ4v) is 1.52. The lowest BCUT2D eigenvalue weighted by Crippen LogP contribution is -2.40. The molecule has 1 atom stereocenters. The van der Waals surface area contributed by atoms with Crippen molar-refractivity contribution in [1.29, 1.82) is 0 Å². The van der Waals surface area contributed by atoms with Crippen molar-refractivity contribution in [3.63, 3.8) is 0 Å². The van der Waals surface area contributed by atoms with Gasteiger partial charge >= 0.3 is 11.9 Å². The van der Waals surface area contributed by atoms with Gasteiger partial charge in [-0.05, 0) is 25.0 Å². The van der Waals surface area contributed by atoms with Gasteiger partial charge in [-0.25, -0.2) is 9.59 Å². The van der Waals surface area contributed by atoms with Crippen LogP contribution >= 0.6 is 0 Å². The van der Waals surface area contributed by atoms with Crippen LogP contribution < -0.4 is 5.32 Å². The zero-order valence-electron chi connectivity index (χ0n) is 10.4. The van der Waals surface area contributed by atoms with E-state index in [1.54, 1.807) is 6.08 Å². The number of carboxylic acids is 2. The lowest BCUT2D eigenvalue weighted by atomic mass is 9.99. The number of rotatable bonds is 4. The molecular weight excluding hydrogens is 234 g/mol. The molecule has 0 aromatic heterocycles. The van der Waals surface area contributed by atoms with Crippen LogP contribution in [0.5, 0.6) is 0 Å². The number of aliphatic carboxylic acids is 2. The Balaban J connectivity index is 3.00. The highest BCUT2D eigenvalue weighted by atomic mass is 16.4. The number of allylic oxidation sites excluding steroid dienone is 4. The number of carbonyl (C=O) groups is 2. The molecular formula is C13H17NO4. The fraction of sp³-hybridized carbons (Fsp3) is 0.385. The van der Waals surface area contributed by atoms with E-state index >= 15 is 0 Å². The van der Waals surface area contributed by atoms with Crippen LogP contribution in [-0.4, -0.2) is 28.2 Å². The second-order valence-electron chi connectivity index (χ2n) is 4.21. The zero-order valence-corrected chi connectivity index (χ0v) is 10.4. The number of hydrogen-bond acceptors (Lipinski definition) is 3. The predicted octanol–water partition coefficient (Wildman–Crippen LogP) is 1.68. The SMILES string of the molecule is CC/C(C)=C/C=C1\C=C(C(=O)O)NC(C(=O)O)C1. The van der Waals surface area contributed by atoms with Crippen LogP contribution in [-0.2, 0) is 9.59 Å². The van der Waals surface area contributed by atoms with Gasteiger partial charge in [-0.15, -0.1) is 0 Å². The highest BCUT2D eigenvalue weighted by molar-refractivity contribution is 5.89. The monoisotopic (exact) mass is 251 g/mol. The Hall–Kier alpha value is -2.04. The average molecular weight is 251 g/mol. The Labute approximate surface area is 106 Å². The molecule has 0 aromatic rings. The van der Waals surface area contributed by atoms with E-state index in [-0.39, 0.29) is 12.1 Å². The second-order valence-corrected chi connectivity index (χ2v) is 4.21. The Morgan fingerprint density at radius 1 is 1.50 bits per heavy atom. The van der Waals surface area contributed by atoms with Crippen molar-refractivity contribution in [3.05, 3.63) is 35.1 Å². The quantitative estimate of drug-likeness (QED) is 0.707. The van der Waals surface area contributed by atoms with Crippen LogP contribution in [0, 0.1) is 0 Å². The minimum absolute atomic E-state index is 0.0811. The van der Waals surface area contributed by atoms with Crippen LogP contribution in [0.3, 0.4) is 0 Å². The molecule has 1 unspecified atom stereocenters. The summed E-state index contributed by atoms with van der Waals surface area (Å²) in [6.07, 6.45) is 6.31. The van der Waals surface area contributed by atoms with E-state index in [9.17, 15) is 9.59 Å². The maximum atomic E-state index is 10.9. The highest BCUT2D eigenvalue weighted by Crippen LogP contribution is 2.17. The molecule has 0 spiro atoms. The molecule has 1 aliphatic heterocycles. The van der Waals surface area contributed by atoms with E-state index in [2.05, 4.69) is 5.32 Å².